The lowest BCUT2D eigenvalue weighted by molar-refractivity contribution is 0.569. The molecule has 0 aromatic carbocycles. The Hall–Kier alpha value is -0.680. The number of nitrogens with two attached hydrogens (primary N) is 1. The predicted octanol–water partition coefficient (Wildman–Crippen LogP) is 1.02. The van der Waals surface area contributed by atoms with E-state index in [9.17, 15) is 0 Å². The molecule has 1 aromatic heterocycles. The second-order valence-corrected chi connectivity index (χ2v) is 4.61. The molecule has 4 nitrogen and oxygen atoms in total. The molecule has 1 saturated carbocycles. The molecule has 0 bridgehead atoms. The Balaban J connectivity index is 2.08. The largest absolute Gasteiger partial charge is 0.345 e. The Morgan fingerprint density at radius 2 is 2.36 bits per heavy atom. The van der Waals surface area contributed by atoms with E-state index in [1.54, 1.807) is 0 Å². The van der Waals surface area contributed by atoms with Crippen LogP contribution in [0.2, 0.25) is 0 Å². The normalized spacial score (nSPS) is 18.2. The third-order valence-electron chi connectivity index (χ3n) is 2.72. The lowest BCUT2D eigenvalue weighted by Crippen LogP contribution is -2.39. The van der Waals surface area contributed by atoms with E-state index in [1.165, 1.54) is 24.4 Å². The van der Waals surface area contributed by atoms with Crippen molar-refractivity contribution in [3.8, 4) is 0 Å². The highest BCUT2D eigenvalue weighted by Crippen LogP contribution is 2.36. The van der Waals surface area contributed by atoms with Crippen LogP contribution in [0.25, 0.3) is 0 Å². The molecule has 1 aliphatic carbocycles. The smallest absolute Gasteiger partial charge is 0.205 e. The van der Waals surface area contributed by atoms with Crippen LogP contribution in [0.1, 0.15) is 18.7 Å². The fourth-order valence-electron chi connectivity index (χ4n) is 1.72. The standard InChI is InChI=1S/C9H16N4S/c1-6-11-9(14-12-6)13(2)8(5-10)7-3-4-7/h7-8H,3-5,10H2,1-2H3. The van der Waals surface area contributed by atoms with Gasteiger partial charge < -0.3 is 10.6 Å². The van der Waals surface area contributed by atoms with Crippen molar-refractivity contribution in [2.45, 2.75) is 25.8 Å². The highest BCUT2D eigenvalue weighted by atomic mass is 32.1. The first-order chi connectivity index (χ1) is 6.72. The first kappa shape index (κ1) is 9.86. The van der Waals surface area contributed by atoms with Gasteiger partial charge in [-0.2, -0.15) is 4.37 Å². The lowest BCUT2D eigenvalue weighted by Gasteiger charge is -2.25. The van der Waals surface area contributed by atoms with Gasteiger partial charge in [-0.3, -0.25) is 0 Å². The van der Waals surface area contributed by atoms with Crippen LogP contribution in [0.3, 0.4) is 0 Å². The van der Waals surface area contributed by atoms with Crippen molar-refractivity contribution < 1.29 is 0 Å². The maximum atomic E-state index is 5.77. The second kappa shape index (κ2) is 3.82. The number of hydrogen-bond donors (Lipinski definition) is 1. The maximum Gasteiger partial charge on any atom is 0.205 e. The van der Waals surface area contributed by atoms with Gasteiger partial charge in [0.25, 0.3) is 0 Å². The fourth-order valence-corrected chi connectivity index (χ4v) is 2.41. The summed E-state index contributed by atoms with van der Waals surface area (Å²) in [6.45, 7) is 2.63. The molecule has 1 fully saturated rings. The summed E-state index contributed by atoms with van der Waals surface area (Å²) in [4.78, 5) is 6.55. The zero-order chi connectivity index (χ0) is 10.1. The Kier molecular flexibility index (Phi) is 2.69. The summed E-state index contributed by atoms with van der Waals surface area (Å²) < 4.78 is 4.18. The average molecular weight is 212 g/mol. The molecule has 1 aliphatic rings. The average Bonchev–Trinajstić information content (AvgIpc) is 2.90. The number of hydrogen-bond acceptors (Lipinski definition) is 5. The number of rotatable bonds is 4. The van der Waals surface area contributed by atoms with Crippen LogP contribution in [-0.2, 0) is 0 Å². The Morgan fingerprint density at radius 1 is 1.64 bits per heavy atom. The first-order valence-electron chi connectivity index (χ1n) is 4.95. The van der Waals surface area contributed by atoms with Crippen molar-refractivity contribution in [1.82, 2.24) is 9.36 Å². The van der Waals surface area contributed by atoms with E-state index < -0.39 is 0 Å². The van der Waals surface area contributed by atoms with Gasteiger partial charge in [0.2, 0.25) is 5.13 Å². The Bertz CT molecular complexity index is 308. The maximum absolute atomic E-state index is 5.77. The molecule has 1 atom stereocenters. The van der Waals surface area contributed by atoms with Crippen LogP contribution in [0.4, 0.5) is 5.13 Å². The molecule has 1 aromatic rings. The number of nitrogens with zero attached hydrogens (tertiary/aromatic N) is 3. The Morgan fingerprint density at radius 3 is 2.79 bits per heavy atom. The summed E-state index contributed by atoms with van der Waals surface area (Å²) in [5, 5.41) is 0.991. The summed E-state index contributed by atoms with van der Waals surface area (Å²) in [6.07, 6.45) is 2.62. The summed E-state index contributed by atoms with van der Waals surface area (Å²) in [5.41, 5.74) is 5.77. The van der Waals surface area contributed by atoms with E-state index >= 15 is 0 Å². The van der Waals surface area contributed by atoms with Gasteiger partial charge in [0, 0.05) is 31.2 Å². The number of likely N-dealkylation sites (N-methyl/N-ethyl adjacent to an activating group) is 1. The minimum Gasteiger partial charge on any atom is -0.345 e. The van der Waals surface area contributed by atoms with Gasteiger partial charge in [-0.05, 0) is 25.7 Å². The van der Waals surface area contributed by atoms with E-state index in [0.29, 0.717) is 12.6 Å². The van der Waals surface area contributed by atoms with Crippen molar-refractivity contribution in [1.29, 1.82) is 0 Å². The van der Waals surface area contributed by atoms with Gasteiger partial charge in [0.1, 0.15) is 5.82 Å². The second-order valence-electron chi connectivity index (χ2n) is 3.88. The molecule has 0 saturated heterocycles. The highest BCUT2D eigenvalue weighted by Gasteiger charge is 2.33. The van der Waals surface area contributed by atoms with Crippen LogP contribution in [-0.4, -0.2) is 29.0 Å². The molecule has 14 heavy (non-hydrogen) atoms. The first-order valence-corrected chi connectivity index (χ1v) is 5.73. The molecule has 0 amide bonds. The number of aromatic nitrogens is 2. The van der Waals surface area contributed by atoms with Crippen LogP contribution in [0, 0.1) is 12.8 Å². The van der Waals surface area contributed by atoms with E-state index in [2.05, 4.69) is 21.3 Å². The van der Waals surface area contributed by atoms with Crippen molar-refractivity contribution in [2.24, 2.45) is 11.7 Å². The van der Waals surface area contributed by atoms with Crippen molar-refractivity contribution in [3.05, 3.63) is 5.82 Å². The molecule has 0 radical (unpaired) electrons. The van der Waals surface area contributed by atoms with Crippen LogP contribution in [0.15, 0.2) is 0 Å². The summed E-state index contributed by atoms with van der Waals surface area (Å²) in [5.74, 6) is 1.62. The van der Waals surface area contributed by atoms with Crippen LogP contribution >= 0.6 is 11.5 Å². The van der Waals surface area contributed by atoms with Crippen molar-refractivity contribution >= 4 is 16.7 Å². The summed E-state index contributed by atoms with van der Waals surface area (Å²) in [6, 6.07) is 0.447. The monoisotopic (exact) mass is 212 g/mol. The van der Waals surface area contributed by atoms with Crippen LogP contribution in [0.5, 0.6) is 0 Å². The summed E-state index contributed by atoms with van der Waals surface area (Å²) >= 11 is 1.46. The minimum atomic E-state index is 0.447. The van der Waals surface area contributed by atoms with Gasteiger partial charge in [-0.25, -0.2) is 4.98 Å². The molecule has 0 aliphatic heterocycles. The van der Waals surface area contributed by atoms with Gasteiger partial charge in [-0.1, -0.05) is 0 Å². The molecule has 78 valence electrons. The zero-order valence-corrected chi connectivity index (χ0v) is 9.42. The zero-order valence-electron chi connectivity index (χ0n) is 8.60. The quantitative estimate of drug-likeness (QED) is 0.809. The van der Waals surface area contributed by atoms with E-state index in [-0.39, 0.29) is 0 Å². The molecular weight excluding hydrogens is 196 g/mol. The fraction of sp³-hybridized carbons (Fsp3) is 0.778. The van der Waals surface area contributed by atoms with Gasteiger partial charge >= 0.3 is 0 Å². The predicted molar refractivity (Wildman–Crippen MR) is 58.6 cm³/mol. The van der Waals surface area contributed by atoms with Gasteiger partial charge in [-0.15, -0.1) is 0 Å². The third-order valence-corrected chi connectivity index (χ3v) is 3.62. The summed E-state index contributed by atoms with van der Waals surface area (Å²) in [7, 11) is 2.07. The molecule has 2 N–H and O–H groups in total. The van der Waals surface area contributed by atoms with Gasteiger partial charge in [0.15, 0.2) is 0 Å². The molecule has 1 heterocycles. The molecule has 0 spiro atoms. The highest BCUT2D eigenvalue weighted by molar-refractivity contribution is 7.09. The molecular formula is C9H16N4S. The topological polar surface area (TPSA) is 55.0 Å². The van der Waals surface area contributed by atoms with Crippen molar-refractivity contribution in [2.75, 3.05) is 18.5 Å². The third kappa shape index (κ3) is 1.88. The van der Waals surface area contributed by atoms with Crippen LogP contribution < -0.4 is 10.6 Å². The van der Waals surface area contributed by atoms with Crippen molar-refractivity contribution in [3.63, 3.8) is 0 Å². The molecule has 2 rings (SSSR count). The SMILES string of the molecule is Cc1nsc(N(C)C(CN)C2CC2)n1. The minimum absolute atomic E-state index is 0.447. The lowest BCUT2D eigenvalue weighted by atomic mass is 10.2. The molecule has 1 unspecified atom stereocenters. The van der Waals surface area contributed by atoms with E-state index in [4.69, 9.17) is 5.73 Å². The van der Waals surface area contributed by atoms with E-state index in [1.807, 2.05) is 6.92 Å². The Labute approximate surface area is 88.3 Å². The van der Waals surface area contributed by atoms with E-state index in [0.717, 1.165) is 16.9 Å². The number of anilines is 1. The number of aryl methyl sites for hydroxylation is 1. The molecule has 5 heteroatoms. The van der Waals surface area contributed by atoms with Gasteiger partial charge in [0.05, 0.1) is 0 Å².